The number of ether oxygens (including phenoxy) is 2. The van der Waals surface area contributed by atoms with Gasteiger partial charge < -0.3 is 14.4 Å². The van der Waals surface area contributed by atoms with Crippen molar-refractivity contribution in [1.82, 2.24) is 14.7 Å². The third-order valence-corrected chi connectivity index (χ3v) is 4.03. The van der Waals surface area contributed by atoms with E-state index in [2.05, 4.69) is 5.10 Å². The van der Waals surface area contributed by atoms with Gasteiger partial charge in [-0.1, -0.05) is 0 Å². The first-order chi connectivity index (χ1) is 9.23. The number of hydrogen-bond donors (Lipinski definition) is 0. The van der Waals surface area contributed by atoms with Gasteiger partial charge in [0.25, 0.3) is 0 Å². The molecule has 2 saturated heterocycles. The van der Waals surface area contributed by atoms with E-state index in [4.69, 9.17) is 9.47 Å². The van der Waals surface area contributed by atoms with Gasteiger partial charge in [-0.25, -0.2) is 0 Å². The van der Waals surface area contributed by atoms with Gasteiger partial charge in [0.1, 0.15) is 6.04 Å². The van der Waals surface area contributed by atoms with Crippen molar-refractivity contribution in [3.05, 3.63) is 18.5 Å². The highest BCUT2D eigenvalue weighted by Gasteiger charge is 2.46. The van der Waals surface area contributed by atoms with Crippen LogP contribution in [0.1, 0.15) is 19.4 Å². The standard InChI is InChI=1S/C13H19N3O3/c1-11(16-5-2-4-14-16)12(17)15-6-8-19-10-13(15)3-7-18-9-13/h2,4-5,11H,3,6-10H2,1H3. The predicted octanol–water partition coefficient (Wildman–Crippen LogP) is 0.462. The minimum absolute atomic E-state index is 0.0949. The quantitative estimate of drug-likeness (QED) is 0.779. The molecule has 6 heteroatoms. The van der Waals surface area contributed by atoms with Gasteiger partial charge in [0.15, 0.2) is 0 Å². The van der Waals surface area contributed by atoms with Crippen LogP contribution in [-0.4, -0.2) is 59.1 Å². The van der Waals surface area contributed by atoms with Crippen LogP contribution in [0.4, 0.5) is 0 Å². The number of hydrogen-bond acceptors (Lipinski definition) is 4. The zero-order chi connectivity index (χ0) is 13.3. The average molecular weight is 265 g/mol. The fourth-order valence-electron chi connectivity index (χ4n) is 2.85. The molecule has 2 unspecified atom stereocenters. The molecule has 0 radical (unpaired) electrons. The smallest absolute Gasteiger partial charge is 0.247 e. The third kappa shape index (κ3) is 2.15. The van der Waals surface area contributed by atoms with Crippen molar-refractivity contribution >= 4 is 5.91 Å². The normalized spacial score (nSPS) is 28.8. The van der Waals surface area contributed by atoms with E-state index in [1.165, 1.54) is 0 Å². The van der Waals surface area contributed by atoms with Crippen LogP contribution >= 0.6 is 0 Å². The predicted molar refractivity (Wildman–Crippen MR) is 67.6 cm³/mol. The van der Waals surface area contributed by atoms with E-state index in [-0.39, 0.29) is 17.5 Å². The molecule has 0 bridgehead atoms. The summed E-state index contributed by atoms with van der Waals surface area (Å²) in [7, 11) is 0. The molecule has 0 saturated carbocycles. The number of nitrogens with zero attached hydrogens (tertiary/aromatic N) is 3. The van der Waals surface area contributed by atoms with E-state index in [1.54, 1.807) is 10.9 Å². The summed E-state index contributed by atoms with van der Waals surface area (Å²) >= 11 is 0. The Morgan fingerprint density at radius 2 is 2.16 bits per heavy atom. The number of morpholine rings is 1. The lowest BCUT2D eigenvalue weighted by molar-refractivity contribution is -0.153. The van der Waals surface area contributed by atoms with Gasteiger partial charge in [-0.15, -0.1) is 0 Å². The van der Waals surface area contributed by atoms with Crippen molar-refractivity contribution in [2.24, 2.45) is 0 Å². The van der Waals surface area contributed by atoms with Crippen LogP contribution in [0.2, 0.25) is 0 Å². The molecule has 1 aromatic heterocycles. The van der Waals surface area contributed by atoms with Crippen molar-refractivity contribution in [2.45, 2.75) is 24.9 Å². The van der Waals surface area contributed by atoms with Gasteiger partial charge in [0, 0.05) is 25.5 Å². The van der Waals surface area contributed by atoms with Crippen molar-refractivity contribution in [1.29, 1.82) is 0 Å². The number of carbonyl (C=O) groups excluding carboxylic acids is 1. The first-order valence-corrected chi connectivity index (χ1v) is 6.69. The zero-order valence-electron chi connectivity index (χ0n) is 11.1. The Hall–Kier alpha value is -1.40. The minimum atomic E-state index is -0.287. The molecule has 2 fully saturated rings. The third-order valence-electron chi connectivity index (χ3n) is 4.03. The van der Waals surface area contributed by atoms with Crippen LogP contribution in [0.25, 0.3) is 0 Å². The summed E-state index contributed by atoms with van der Waals surface area (Å²) in [6.07, 6.45) is 4.36. The van der Waals surface area contributed by atoms with Crippen molar-refractivity contribution in [2.75, 3.05) is 33.0 Å². The molecule has 19 heavy (non-hydrogen) atoms. The minimum Gasteiger partial charge on any atom is -0.379 e. The maximum absolute atomic E-state index is 12.7. The Bertz CT molecular complexity index is 440. The summed E-state index contributed by atoms with van der Waals surface area (Å²) in [5.74, 6) is 0.0949. The molecule has 0 N–H and O–H groups in total. The molecule has 3 rings (SSSR count). The summed E-state index contributed by atoms with van der Waals surface area (Å²) in [6.45, 7) is 4.96. The van der Waals surface area contributed by atoms with Gasteiger partial charge in [-0.05, 0) is 19.4 Å². The summed E-state index contributed by atoms with van der Waals surface area (Å²) < 4.78 is 12.7. The van der Waals surface area contributed by atoms with Gasteiger partial charge in [-0.2, -0.15) is 5.10 Å². The van der Waals surface area contributed by atoms with Gasteiger partial charge in [0.2, 0.25) is 5.91 Å². The Morgan fingerprint density at radius 3 is 2.84 bits per heavy atom. The van der Waals surface area contributed by atoms with Crippen molar-refractivity contribution < 1.29 is 14.3 Å². The van der Waals surface area contributed by atoms with E-state index >= 15 is 0 Å². The Labute approximate surface area is 112 Å². The van der Waals surface area contributed by atoms with Gasteiger partial charge >= 0.3 is 0 Å². The van der Waals surface area contributed by atoms with Crippen LogP contribution < -0.4 is 0 Å². The topological polar surface area (TPSA) is 56.6 Å². The second-order valence-electron chi connectivity index (χ2n) is 5.23. The van der Waals surface area contributed by atoms with E-state index in [0.29, 0.717) is 33.0 Å². The highest BCUT2D eigenvalue weighted by atomic mass is 16.5. The molecular weight excluding hydrogens is 246 g/mol. The average Bonchev–Trinajstić information content (AvgIpc) is 3.10. The summed E-state index contributed by atoms with van der Waals surface area (Å²) in [6, 6.07) is 1.54. The van der Waals surface area contributed by atoms with Crippen molar-refractivity contribution in [3.8, 4) is 0 Å². The van der Waals surface area contributed by atoms with E-state index in [1.807, 2.05) is 24.1 Å². The van der Waals surface area contributed by atoms with Gasteiger partial charge in [0.05, 0.1) is 25.4 Å². The molecule has 2 aliphatic heterocycles. The van der Waals surface area contributed by atoms with Crippen LogP contribution in [0.5, 0.6) is 0 Å². The summed E-state index contributed by atoms with van der Waals surface area (Å²) in [4.78, 5) is 14.7. The van der Waals surface area contributed by atoms with Crippen molar-refractivity contribution in [3.63, 3.8) is 0 Å². The van der Waals surface area contributed by atoms with Gasteiger partial charge in [-0.3, -0.25) is 9.48 Å². The Morgan fingerprint density at radius 1 is 1.37 bits per heavy atom. The largest absolute Gasteiger partial charge is 0.379 e. The van der Waals surface area contributed by atoms with E-state index in [9.17, 15) is 4.79 Å². The van der Waals surface area contributed by atoms with Crippen LogP contribution in [0.15, 0.2) is 18.5 Å². The first-order valence-electron chi connectivity index (χ1n) is 6.69. The monoisotopic (exact) mass is 265 g/mol. The molecule has 6 nitrogen and oxygen atoms in total. The molecule has 3 heterocycles. The van der Waals surface area contributed by atoms with Crippen LogP contribution in [0.3, 0.4) is 0 Å². The lowest BCUT2D eigenvalue weighted by atomic mass is 9.95. The second kappa shape index (κ2) is 4.94. The number of rotatable bonds is 2. The number of aromatic nitrogens is 2. The zero-order valence-corrected chi connectivity index (χ0v) is 11.1. The highest BCUT2D eigenvalue weighted by Crippen LogP contribution is 2.31. The molecule has 1 amide bonds. The molecule has 104 valence electrons. The fraction of sp³-hybridized carbons (Fsp3) is 0.692. The van der Waals surface area contributed by atoms with E-state index < -0.39 is 0 Å². The van der Waals surface area contributed by atoms with E-state index in [0.717, 1.165) is 6.42 Å². The number of amides is 1. The molecular formula is C13H19N3O3. The maximum atomic E-state index is 12.7. The molecule has 1 aromatic rings. The molecule has 1 spiro atoms. The van der Waals surface area contributed by atoms with Crippen LogP contribution in [-0.2, 0) is 14.3 Å². The molecule has 0 aliphatic carbocycles. The Balaban J connectivity index is 1.81. The fourth-order valence-corrected chi connectivity index (χ4v) is 2.85. The molecule has 2 atom stereocenters. The number of carbonyl (C=O) groups is 1. The lowest BCUT2D eigenvalue weighted by Crippen LogP contribution is -2.60. The second-order valence-corrected chi connectivity index (χ2v) is 5.23. The Kier molecular flexibility index (Phi) is 3.28. The summed E-state index contributed by atoms with van der Waals surface area (Å²) in [5, 5.41) is 4.15. The SMILES string of the molecule is CC(C(=O)N1CCOCC12CCOC2)n1cccn1. The highest BCUT2D eigenvalue weighted by molar-refractivity contribution is 5.81. The lowest BCUT2D eigenvalue weighted by Gasteiger charge is -2.44. The molecule has 0 aromatic carbocycles. The first kappa shape index (κ1) is 12.6. The summed E-state index contributed by atoms with van der Waals surface area (Å²) in [5.41, 5.74) is -0.267. The molecule has 2 aliphatic rings. The maximum Gasteiger partial charge on any atom is 0.247 e. The van der Waals surface area contributed by atoms with Crippen LogP contribution in [0, 0.1) is 0 Å².